The topological polar surface area (TPSA) is 86.9 Å². The highest BCUT2D eigenvalue weighted by atomic mass is 32.1. The van der Waals surface area contributed by atoms with Gasteiger partial charge in [0.15, 0.2) is 5.57 Å². The van der Waals surface area contributed by atoms with Gasteiger partial charge in [-0.15, -0.1) is 11.3 Å². The van der Waals surface area contributed by atoms with Gasteiger partial charge in [0.05, 0.1) is 0 Å². The van der Waals surface area contributed by atoms with Gasteiger partial charge in [-0.05, 0) is 26.0 Å². The SMILES string of the molecule is CCNC(=O)C(C#N)=c1sc(=CNc2ccccc2)c(=O)n1CC. The number of nitrogens with one attached hydrogen (secondary N) is 2. The Kier molecular flexibility index (Phi) is 5.93. The molecule has 0 aliphatic carbocycles. The van der Waals surface area contributed by atoms with E-state index in [2.05, 4.69) is 10.6 Å². The smallest absolute Gasteiger partial charge is 0.270 e. The third-order valence-electron chi connectivity index (χ3n) is 3.26. The van der Waals surface area contributed by atoms with E-state index < -0.39 is 5.91 Å². The van der Waals surface area contributed by atoms with Crippen LogP contribution in [0.5, 0.6) is 0 Å². The van der Waals surface area contributed by atoms with Crippen molar-refractivity contribution in [2.45, 2.75) is 20.4 Å². The van der Waals surface area contributed by atoms with Gasteiger partial charge in [0.1, 0.15) is 15.3 Å². The van der Waals surface area contributed by atoms with E-state index in [1.165, 1.54) is 4.57 Å². The maximum absolute atomic E-state index is 12.5. The fourth-order valence-electron chi connectivity index (χ4n) is 2.12. The summed E-state index contributed by atoms with van der Waals surface area (Å²) in [6, 6.07) is 11.3. The van der Waals surface area contributed by atoms with E-state index in [-0.39, 0.29) is 11.1 Å². The normalized spacial score (nSPS) is 12.5. The molecule has 0 atom stereocenters. The van der Waals surface area contributed by atoms with E-state index in [9.17, 15) is 14.9 Å². The van der Waals surface area contributed by atoms with Crippen molar-refractivity contribution in [1.82, 2.24) is 9.88 Å². The minimum Gasteiger partial charge on any atom is -0.360 e. The third-order valence-corrected chi connectivity index (χ3v) is 4.39. The Hall–Kier alpha value is -2.85. The molecule has 0 bridgehead atoms. The first-order valence-corrected chi connectivity index (χ1v) is 8.38. The molecule has 2 rings (SSSR count). The van der Waals surface area contributed by atoms with Crippen molar-refractivity contribution in [3.63, 3.8) is 0 Å². The van der Waals surface area contributed by atoms with Gasteiger partial charge in [0, 0.05) is 25.0 Å². The molecular formula is C17H18N4O2S. The number of nitriles is 1. The maximum Gasteiger partial charge on any atom is 0.270 e. The molecule has 2 aromatic rings. The summed E-state index contributed by atoms with van der Waals surface area (Å²) in [6.45, 7) is 4.38. The maximum atomic E-state index is 12.5. The van der Waals surface area contributed by atoms with Crippen molar-refractivity contribution in [2.75, 3.05) is 11.9 Å². The van der Waals surface area contributed by atoms with Crippen LogP contribution in [0.15, 0.2) is 35.1 Å². The Morgan fingerprint density at radius 2 is 2.04 bits per heavy atom. The number of aromatic nitrogens is 1. The van der Waals surface area contributed by atoms with E-state index in [0.717, 1.165) is 17.0 Å². The van der Waals surface area contributed by atoms with Gasteiger partial charge in [-0.3, -0.25) is 14.2 Å². The number of carbonyl (C=O) groups excluding carboxylic acids is 1. The first-order chi connectivity index (χ1) is 11.6. The first kappa shape index (κ1) is 17.5. The van der Waals surface area contributed by atoms with Crippen molar-refractivity contribution in [2.24, 2.45) is 0 Å². The van der Waals surface area contributed by atoms with Crippen LogP contribution >= 0.6 is 11.3 Å². The fourth-order valence-corrected chi connectivity index (χ4v) is 3.21. The second kappa shape index (κ2) is 8.13. The second-order valence-corrected chi connectivity index (χ2v) is 5.85. The molecule has 0 aliphatic rings. The fraction of sp³-hybridized carbons (Fsp3) is 0.235. The molecule has 0 radical (unpaired) electrons. The third kappa shape index (κ3) is 3.73. The van der Waals surface area contributed by atoms with Crippen molar-refractivity contribution in [3.05, 3.63) is 49.9 Å². The van der Waals surface area contributed by atoms with Gasteiger partial charge in [-0.2, -0.15) is 5.26 Å². The summed E-state index contributed by atoms with van der Waals surface area (Å²) >= 11 is 1.13. The summed E-state index contributed by atoms with van der Waals surface area (Å²) in [5, 5.41) is 15.0. The second-order valence-electron chi connectivity index (χ2n) is 4.82. The van der Waals surface area contributed by atoms with Crippen LogP contribution in [0.4, 0.5) is 5.69 Å². The molecule has 24 heavy (non-hydrogen) atoms. The highest BCUT2D eigenvalue weighted by molar-refractivity contribution is 7.07. The number of nitrogens with zero attached hydrogens (tertiary/aromatic N) is 2. The Bertz CT molecular complexity index is 936. The zero-order valence-corrected chi connectivity index (χ0v) is 14.3. The van der Waals surface area contributed by atoms with Crippen LogP contribution in [0.25, 0.3) is 11.8 Å². The summed E-state index contributed by atoms with van der Waals surface area (Å²) in [7, 11) is 0. The molecule has 0 spiro atoms. The molecule has 124 valence electrons. The minimum atomic E-state index is -0.467. The number of anilines is 1. The first-order valence-electron chi connectivity index (χ1n) is 7.56. The van der Waals surface area contributed by atoms with Crippen LogP contribution in [0.1, 0.15) is 13.8 Å². The molecule has 1 heterocycles. The Morgan fingerprint density at radius 3 is 2.62 bits per heavy atom. The lowest BCUT2D eigenvalue weighted by molar-refractivity contribution is -0.115. The lowest BCUT2D eigenvalue weighted by atomic mass is 10.3. The molecular weight excluding hydrogens is 324 g/mol. The van der Waals surface area contributed by atoms with E-state index in [4.69, 9.17) is 0 Å². The predicted molar refractivity (Wildman–Crippen MR) is 95.7 cm³/mol. The summed E-state index contributed by atoms with van der Waals surface area (Å²) in [4.78, 5) is 24.5. The summed E-state index contributed by atoms with van der Waals surface area (Å²) < 4.78 is 2.25. The molecule has 6 nitrogen and oxygen atoms in total. The molecule has 1 amide bonds. The van der Waals surface area contributed by atoms with Gasteiger partial charge in [-0.25, -0.2) is 0 Å². The number of hydrogen-bond acceptors (Lipinski definition) is 5. The monoisotopic (exact) mass is 342 g/mol. The van der Waals surface area contributed by atoms with Crippen LogP contribution in [-0.4, -0.2) is 17.0 Å². The summed E-state index contributed by atoms with van der Waals surface area (Å²) in [5.41, 5.74) is 0.584. The number of para-hydroxylation sites is 1. The highest BCUT2D eigenvalue weighted by Crippen LogP contribution is 2.04. The molecule has 0 saturated carbocycles. The van der Waals surface area contributed by atoms with Crippen molar-refractivity contribution in [3.8, 4) is 6.07 Å². The lowest BCUT2D eigenvalue weighted by Gasteiger charge is -2.00. The van der Waals surface area contributed by atoms with Gasteiger partial charge in [-0.1, -0.05) is 18.2 Å². The molecule has 0 aliphatic heterocycles. The average molecular weight is 342 g/mol. The van der Waals surface area contributed by atoms with Crippen LogP contribution in [-0.2, 0) is 11.3 Å². The zero-order valence-electron chi connectivity index (χ0n) is 13.5. The van der Waals surface area contributed by atoms with Crippen LogP contribution < -0.4 is 25.4 Å². The summed E-state index contributed by atoms with van der Waals surface area (Å²) in [6.07, 6.45) is 1.60. The minimum absolute atomic E-state index is 0.0415. The standard InChI is InChI=1S/C17H18N4O2S/c1-3-19-15(22)13(10-18)17-21(4-2)16(23)14(24-17)11-20-12-8-6-5-7-9-12/h5-9,11,20H,3-4H2,1-2H3,(H,19,22). The van der Waals surface area contributed by atoms with Crippen molar-refractivity contribution < 1.29 is 4.79 Å². The van der Waals surface area contributed by atoms with Gasteiger partial charge < -0.3 is 10.6 Å². The number of thiazole rings is 1. The molecule has 7 heteroatoms. The number of amides is 1. The Balaban J connectivity index is 2.58. The number of benzene rings is 1. The molecule has 0 unspecified atom stereocenters. The Labute approximate surface area is 143 Å². The predicted octanol–water partition coefficient (Wildman–Crippen LogP) is 0.590. The largest absolute Gasteiger partial charge is 0.360 e. The number of hydrogen-bond donors (Lipinski definition) is 2. The van der Waals surface area contributed by atoms with Gasteiger partial charge >= 0.3 is 0 Å². The zero-order chi connectivity index (χ0) is 17.5. The van der Waals surface area contributed by atoms with E-state index in [0.29, 0.717) is 22.3 Å². The van der Waals surface area contributed by atoms with Crippen molar-refractivity contribution in [1.29, 1.82) is 5.26 Å². The average Bonchev–Trinajstić information content (AvgIpc) is 2.90. The van der Waals surface area contributed by atoms with E-state index in [1.54, 1.807) is 20.0 Å². The quantitative estimate of drug-likeness (QED) is 0.833. The molecule has 0 saturated heterocycles. The number of rotatable bonds is 5. The van der Waals surface area contributed by atoms with Crippen molar-refractivity contribution >= 4 is 34.7 Å². The molecule has 2 N–H and O–H groups in total. The van der Waals surface area contributed by atoms with Gasteiger partial charge in [0.25, 0.3) is 11.5 Å². The molecule has 1 aromatic heterocycles. The van der Waals surface area contributed by atoms with E-state index >= 15 is 0 Å². The van der Waals surface area contributed by atoms with Crippen LogP contribution in [0.3, 0.4) is 0 Å². The van der Waals surface area contributed by atoms with Crippen LogP contribution in [0.2, 0.25) is 0 Å². The summed E-state index contributed by atoms with van der Waals surface area (Å²) in [5.74, 6) is -0.467. The van der Waals surface area contributed by atoms with Crippen LogP contribution in [0, 0.1) is 11.3 Å². The molecule has 0 fully saturated rings. The van der Waals surface area contributed by atoms with E-state index in [1.807, 2.05) is 36.4 Å². The molecule has 1 aromatic carbocycles. The lowest BCUT2D eigenvalue weighted by Crippen LogP contribution is -2.34. The van der Waals surface area contributed by atoms with Gasteiger partial charge in [0.2, 0.25) is 0 Å². The highest BCUT2D eigenvalue weighted by Gasteiger charge is 2.14. The number of carbonyl (C=O) groups is 1. The Morgan fingerprint density at radius 1 is 1.33 bits per heavy atom.